The van der Waals surface area contributed by atoms with Crippen molar-refractivity contribution in [2.75, 3.05) is 14.2 Å². The van der Waals surface area contributed by atoms with Gasteiger partial charge in [0.2, 0.25) is 0 Å². The Bertz CT molecular complexity index is 436. The lowest BCUT2D eigenvalue weighted by Crippen LogP contribution is -2.34. The molecule has 1 aromatic rings. The fraction of sp³-hybridized carbons (Fsp3) is 0.625. The predicted octanol–water partition coefficient (Wildman–Crippen LogP) is 3.07. The van der Waals surface area contributed by atoms with E-state index < -0.39 is 12.1 Å². The van der Waals surface area contributed by atoms with E-state index >= 15 is 0 Å². The molecule has 0 radical (unpaired) electrons. The van der Waals surface area contributed by atoms with E-state index in [4.69, 9.17) is 15.2 Å². The highest BCUT2D eigenvalue weighted by atomic mass is 35.5. The molecule has 0 aliphatic heterocycles. The highest BCUT2D eigenvalue weighted by Gasteiger charge is 2.29. The molecule has 0 heterocycles. The molecule has 0 saturated heterocycles. The summed E-state index contributed by atoms with van der Waals surface area (Å²) in [6.07, 6.45) is 5.26. The summed E-state index contributed by atoms with van der Waals surface area (Å²) < 4.78 is 10.6. The van der Waals surface area contributed by atoms with E-state index in [1.165, 1.54) is 19.3 Å². The van der Waals surface area contributed by atoms with Gasteiger partial charge in [0.05, 0.1) is 26.4 Å². The number of halogens is 1. The number of aliphatic hydroxyl groups excluding tert-OH is 1. The van der Waals surface area contributed by atoms with Crippen molar-refractivity contribution in [2.24, 2.45) is 11.7 Å². The van der Waals surface area contributed by atoms with Crippen molar-refractivity contribution in [3.63, 3.8) is 0 Å². The van der Waals surface area contributed by atoms with Crippen LogP contribution >= 0.6 is 12.4 Å². The maximum absolute atomic E-state index is 10.5. The first kappa shape index (κ1) is 18.1. The third-order valence-electron chi connectivity index (χ3n) is 4.30. The molecule has 0 amide bonds. The van der Waals surface area contributed by atoms with E-state index in [1.54, 1.807) is 14.2 Å². The van der Waals surface area contributed by atoms with Gasteiger partial charge in [0, 0.05) is 11.6 Å². The van der Waals surface area contributed by atoms with Crippen LogP contribution in [0.3, 0.4) is 0 Å². The van der Waals surface area contributed by atoms with Gasteiger partial charge in [0.15, 0.2) is 0 Å². The van der Waals surface area contributed by atoms with Gasteiger partial charge < -0.3 is 20.3 Å². The molecular formula is C16H26ClNO3. The Hall–Kier alpha value is -0.970. The van der Waals surface area contributed by atoms with Crippen molar-refractivity contribution in [3.05, 3.63) is 23.8 Å². The average Bonchev–Trinajstić information content (AvgIpc) is 2.53. The standard InChI is InChI=1S/C16H25NO3.ClH/c1-19-12-8-9-13(14(10-12)20-2)15(17)16(18)11-6-4-3-5-7-11;/h8-11,15-16,18H,3-7,17H2,1-2H3;1H/t15-,16+;/m1./s1. The van der Waals surface area contributed by atoms with E-state index in [0.29, 0.717) is 11.7 Å². The lowest BCUT2D eigenvalue weighted by molar-refractivity contribution is 0.0610. The molecule has 1 saturated carbocycles. The number of benzene rings is 1. The summed E-state index contributed by atoms with van der Waals surface area (Å²) in [5.41, 5.74) is 7.11. The predicted molar refractivity (Wildman–Crippen MR) is 86.3 cm³/mol. The third kappa shape index (κ3) is 4.25. The maximum atomic E-state index is 10.5. The van der Waals surface area contributed by atoms with Crippen molar-refractivity contribution in [1.82, 2.24) is 0 Å². The first-order valence-electron chi connectivity index (χ1n) is 7.33. The van der Waals surface area contributed by atoms with Crippen LogP contribution in [0.1, 0.15) is 43.7 Å². The summed E-state index contributed by atoms with van der Waals surface area (Å²) in [5.74, 6) is 1.70. The van der Waals surface area contributed by atoms with Crippen LogP contribution in [0, 0.1) is 5.92 Å². The van der Waals surface area contributed by atoms with Gasteiger partial charge in [-0.25, -0.2) is 0 Å². The summed E-state index contributed by atoms with van der Waals surface area (Å²) in [6.45, 7) is 0. The average molecular weight is 316 g/mol. The molecule has 4 nitrogen and oxygen atoms in total. The summed E-state index contributed by atoms with van der Waals surface area (Å²) in [5, 5.41) is 10.5. The number of hydrogen-bond acceptors (Lipinski definition) is 4. The highest BCUT2D eigenvalue weighted by molar-refractivity contribution is 5.85. The van der Waals surface area contributed by atoms with Crippen molar-refractivity contribution in [2.45, 2.75) is 44.2 Å². The van der Waals surface area contributed by atoms with Crippen molar-refractivity contribution >= 4 is 12.4 Å². The van der Waals surface area contributed by atoms with Gasteiger partial charge in [-0.1, -0.05) is 19.3 Å². The number of rotatable bonds is 5. The van der Waals surface area contributed by atoms with Gasteiger partial charge in [0.1, 0.15) is 11.5 Å². The molecule has 1 aliphatic carbocycles. The Kier molecular flexibility index (Phi) is 7.29. The fourth-order valence-electron chi connectivity index (χ4n) is 3.05. The monoisotopic (exact) mass is 315 g/mol. The Balaban J connectivity index is 0.00000220. The molecule has 1 aromatic carbocycles. The molecule has 0 spiro atoms. The second-order valence-corrected chi connectivity index (χ2v) is 5.52. The Morgan fingerprint density at radius 1 is 1.14 bits per heavy atom. The van der Waals surface area contributed by atoms with Crippen LogP contribution in [0.4, 0.5) is 0 Å². The quantitative estimate of drug-likeness (QED) is 0.876. The first-order chi connectivity index (χ1) is 9.67. The zero-order valence-corrected chi connectivity index (χ0v) is 13.6. The Morgan fingerprint density at radius 2 is 1.81 bits per heavy atom. The summed E-state index contributed by atoms with van der Waals surface area (Å²) in [4.78, 5) is 0. The molecule has 2 rings (SSSR count). The number of nitrogens with two attached hydrogens (primary N) is 1. The molecule has 2 atom stereocenters. The van der Waals surface area contributed by atoms with Gasteiger partial charge in [-0.3, -0.25) is 0 Å². The molecule has 3 N–H and O–H groups in total. The van der Waals surface area contributed by atoms with Crippen LogP contribution in [-0.4, -0.2) is 25.4 Å². The van der Waals surface area contributed by atoms with Crippen LogP contribution in [-0.2, 0) is 0 Å². The summed E-state index contributed by atoms with van der Waals surface area (Å²) in [7, 11) is 3.23. The number of methoxy groups -OCH3 is 2. The topological polar surface area (TPSA) is 64.7 Å². The van der Waals surface area contributed by atoms with Crippen LogP contribution in [0.15, 0.2) is 18.2 Å². The fourth-order valence-corrected chi connectivity index (χ4v) is 3.05. The minimum absolute atomic E-state index is 0. The van der Waals surface area contributed by atoms with Gasteiger partial charge in [-0.2, -0.15) is 0 Å². The lowest BCUT2D eigenvalue weighted by atomic mass is 9.81. The second kappa shape index (κ2) is 8.47. The normalized spacial score (nSPS) is 18.5. The maximum Gasteiger partial charge on any atom is 0.127 e. The van der Waals surface area contributed by atoms with Crippen LogP contribution in [0.25, 0.3) is 0 Å². The highest BCUT2D eigenvalue weighted by Crippen LogP contribution is 2.35. The molecule has 1 aliphatic rings. The van der Waals surface area contributed by atoms with E-state index in [-0.39, 0.29) is 12.4 Å². The minimum atomic E-state index is -0.516. The van der Waals surface area contributed by atoms with E-state index in [1.807, 2.05) is 18.2 Å². The van der Waals surface area contributed by atoms with Gasteiger partial charge in [0.25, 0.3) is 0 Å². The first-order valence-corrected chi connectivity index (χ1v) is 7.33. The third-order valence-corrected chi connectivity index (χ3v) is 4.30. The van der Waals surface area contributed by atoms with Crippen molar-refractivity contribution in [3.8, 4) is 11.5 Å². The van der Waals surface area contributed by atoms with Crippen molar-refractivity contribution < 1.29 is 14.6 Å². The molecule has 0 unspecified atom stereocenters. The molecule has 1 fully saturated rings. The summed E-state index contributed by atoms with van der Waals surface area (Å²) >= 11 is 0. The molecule has 5 heteroatoms. The summed E-state index contributed by atoms with van der Waals surface area (Å²) in [6, 6.07) is 5.13. The molecule has 21 heavy (non-hydrogen) atoms. The SMILES string of the molecule is COc1ccc([C@@H](N)[C@@H](O)C2CCCCC2)c(OC)c1.Cl. The Labute approximate surface area is 133 Å². The van der Waals surface area contributed by atoms with E-state index in [2.05, 4.69) is 0 Å². The van der Waals surface area contributed by atoms with Crippen LogP contribution < -0.4 is 15.2 Å². The number of aliphatic hydroxyl groups is 1. The Morgan fingerprint density at radius 3 is 2.38 bits per heavy atom. The minimum Gasteiger partial charge on any atom is -0.497 e. The molecular weight excluding hydrogens is 290 g/mol. The molecule has 120 valence electrons. The second-order valence-electron chi connectivity index (χ2n) is 5.52. The van der Waals surface area contributed by atoms with E-state index in [9.17, 15) is 5.11 Å². The molecule has 0 bridgehead atoms. The van der Waals surface area contributed by atoms with Gasteiger partial charge in [-0.15, -0.1) is 12.4 Å². The zero-order chi connectivity index (χ0) is 14.5. The number of ether oxygens (including phenoxy) is 2. The smallest absolute Gasteiger partial charge is 0.127 e. The zero-order valence-electron chi connectivity index (χ0n) is 12.7. The van der Waals surface area contributed by atoms with Crippen molar-refractivity contribution in [1.29, 1.82) is 0 Å². The van der Waals surface area contributed by atoms with Gasteiger partial charge in [-0.05, 0) is 30.9 Å². The van der Waals surface area contributed by atoms with Gasteiger partial charge >= 0.3 is 0 Å². The van der Waals surface area contributed by atoms with Crippen LogP contribution in [0.2, 0.25) is 0 Å². The largest absolute Gasteiger partial charge is 0.497 e. The lowest BCUT2D eigenvalue weighted by Gasteiger charge is -2.31. The van der Waals surface area contributed by atoms with E-state index in [0.717, 1.165) is 24.2 Å². The molecule has 0 aromatic heterocycles. The van der Waals surface area contributed by atoms with Crippen LogP contribution in [0.5, 0.6) is 11.5 Å². The number of hydrogen-bond donors (Lipinski definition) is 2.